The van der Waals surface area contributed by atoms with Gasteiger partial charge < -0.3 is 11.1 Å². The Labute approximate surface area is 134 Å². The number of amides is 1. The van der Waals surface area contributed by atoms with Crippen molar-refractivity contribution in [2.75, 3.05) is 26.2 Å². The largest absolute Gasteiger partial charge is 0.368 e. The van der Waals surface area contributed by atoms with Gasteiger partial charge in [0.25, 0.3) is 0 Å². The number of carbonyl (C=O) groups excluding carboxylic acids is 1. The average molecular weight is 371 g/mol. The quantitative estimate of drug-likeness (QED) is 0.851. The van der Waals surface area contributed by atoms with Gasteiger partial charge in [-0.15, -0.1) is 24.8 Å². The number of primary amides is 1. The van der Waals surface area contributed by atoms with Crippen molar-refractivity contribution in [3.05, 3.63) is 34.3 Å². The fourth-order valence-electron chi connectivity index (χ4n) is 2.17. The Balaban J connectivity index is 0.00000162. The molecule has 1 fully saturated rings. The standard InChI is InChI=1S/C12H16BrN3O.2ClH/c13-10-3-1-2-9(8-10)11(12(14)17)16-6-4-15-5-7-16;;/h1-3,8,11,15H,4-7H2,(H2,14,17);2*1H. The molecule has 1 aromatic carbocycles. The molecular weight excluding hydrogens is 353 g/mol. The van der Waals surface area contributed by atoms with Crippen LogP contribution in [0.3, 0.4) is 0 Å². The van der Waals surface area contributed by atoms with E-state index < -0.39 is 0 Å². The summed E-state index contributed by atoms with van der Waals surface area (Å²) in [6.45, 7) is 3.50. The monoisotopic (exact) mass is 369 g/mol. The molecule has 7 heteroatoms. The van der Waals surface area contributed by atoms with Gasteiger partial charge in [-0.2, -0.15) is 0 Å². The molecule has 0 aliphatic carbocycles. The van der Waals surface area contributed by atoms with Crippen LogP contribution in [0.2, 0.25) is 0 Å². The third-order valence-electron chi connectivity index (χ3n) is 2.95. The van der Waals surface area contributed by atoms with Crippen LogP contribution in [0, 0.1) is 0 Å². The Morgan fingerprint density at radius 3 is 2.47 bits per heavy atom. The summed E-state index contributed by atoms with van der Waals surface area (Å²) in [5, 5.41) is 3.27. The molecule has 0 spiro atoms. The molecule has 1 heterocycles. The first-order valence-corrected chi connectivity index (χ1v) is 6.47. The predicted octanol–water partition coefficient (Wildman–Crippen LogP) is 1.72. The van der Waals surface area contributed by atoms with Gasteiger partial charge in [-0.25, -0.2) is 0 Å². The average Bonchev–Trinajstić information content (AvgIpc) is 2.30. The van der Waals surface area contributed by atoms with Gasteiger partial charge in [0.15, 0.2) is 0 Å². The van der Waals surface area contributed by atoms with Gasteiger partial charge in [0, 0.05) is 30.7 Å². The van der Waals surface area contributed by atoms with Crippen LogP contribution in [-0.2, 0) is 4.79 Å². The number of hydrogen-bond acceptors (Lipinski definition) is 3. The van der Waals surface area contributed by atoms with E-state index in [9.17, 15) is 4.79 Å². The SMILES string of the molecule is Cl.Cl.NC(=O)C(c1cccc(Br)c1)N1CCNCC1. The molecule has 1 aliphatic heterocycles. The lowest BCUT2D eigenvalue weighted by molar-refractivity contribution is -0.123. The van der Waals surface area contributed by atoms with E-state index in [1.54, 1.807) is 0 Å². The van der Waals surface area contributed by atoms with Crippen LogP contribution in [0.4, 0.5) is 0 Å². The van der Waals surface area contributed by atoms with Gasteiger partial charge in [-0.3, -0.25) is 9.69 Å². The minimum atomic E-state index is -0.324. The summed E-state index contributed by atoms with van der Waals surface area (Å²) in [5.74, 6) is -0.287. The highest BCUT2D eigenvalue weighted by molar-refractivity contribution is 9.10. The van der Waals surface area contributed by atoms with Gasteiger partial charge in [-0.05, 0) is 17.7 Å². The first kappa shape index (κ1) is 18.7. The molecule has 0 bridgehead atoms. The fourth-order valence-corrected chi connectivity index (χ4v) is 2.59. The molecule has 4 nitrogen and oxygen atoms in total. The van der Waals surface area contributed by atoms with E-state index in [2.05, 4.69) is 26.1 Å². The van der Waals surface area contributed by atoms with Crippen molar-refractivity contribution in [3.63, 3.8) is 0 Å². The van der Waals surface area contributed by atoms with E-state index in [0.717, 1.165) is 36.2 Å². The van der Waals surface area contributed by atoms with E-state index in [1.165, 1.54) is 0 Å². The summed E-state index contributed by atoms with van der Waals surface area (Å²) in [4.78, 5) is 13.8. The molecule has 1 saturated heterocycles. The molecule has 2 rings (SSSR count). The number of nitrogens with zero attached hydrogens (tertiary/aromatic N) is 1. The zero-order valence-corrected chi connectivity index (χ0v) is 13.6. The maximum atomic E-state index is 11.7. The Hall–Kier alpha value is -0.330. The second-order valence-electron chi connectivity index (χ2n) is 4.15. The minimum absolute atomic E-state index is 0. The summed E-state index contributed by atoms with van der Waals surface area (Å²) >= 11 is 3.42. The first-order chi connectivity index (χ1) is 8.18. The lowest BCUT2D eigenvalue weighted by atomic mass is 10.0. The molecule has 3 N–H and O–H groups in total. The molecule has 1 atom stereocenters. The third kappa shape index (κ3) is 4.93. The van der Waals surface area contributed by atoms with Crippen LogP contribution in [0.25, 0.3) is 0 Å². The van der Waals surface area contributed by atoms with Crippen LogP contribution in [0.5, 0.6) is 0 Å². The number of rotatable bonds is 3. The summed E-state index contributed by atoms with van der Waals surface area (Å²) in [6, 6.07) is 7.45. The van der Waals surface area contributed by atoms with Crippen molar-refractivity contribution in [1.82, 2.24) is 10.2 Å². The molecule has 0 aromatic heterocycles. The van der Waals surface area contributed by atoms with Crippen molar-refractivity contribution in [1.29, 1.82) is 0 Å². The first-order valence-electron chi connectivity index (χ1n) is 5.68. The normalized spacial score (nSPS) is 16.9. The van der Waals surface area contributed by atoms with E-state index in [1.807, 2.05) is 24.3 Å². The molecule has 108 valence electrons. The number of hydrogen-bond donors (Lipinski definition) is 2. The number of benzene rings is 1. The highest BCUT2D eigenvalue weighted by Crippen LogP contribution is 2.23. The highest BCUT2D eigenvalue weighted by atomic mass is 79.9. The van der Waals surface area contributed by atoms with Crippen LogP contribution in [0.15, 0.2) is 28.7 Å². The second kappa shape index (κ2) is 8.76. The van der Waals surface area contributed by atoms with E-state index in [4.69, 9.17) is 5.73 Å². The molecule has 1 unspecified atom stereocenters. The summed E-state index contributed by atoms with van der Waals surface area (Å²) in [5.41, 5.74) is 6.49. The molecule has 1 amide bonds. The zero-order valence-electron chi connectivity index (χ0n) is 10.3. The fraction of sp³-hybridized carbons (Fsp3) is 0.417. The van der Waals surface area contributed by atoms with Gasteiger partial charge >= 0.3 is 0 Å². The number of carbonyl (C=O) groups is 1. The number of halogens is 3. The third-order valence-corrected chi connectivity index (χ3v) is 3.44. The van der Waals surface area contributed by atoms with Gasteiger partial charge in [0.1, 0.15) is 6.04 Å². The molecular formula is C12H18BrCl2N3O. The van der Waals surface area contributed by atoms with Gasteiger partial charge in [0.05, 0.1) is 0 Å². The Morgan fingerprint density at radius 2 is 1.95 bits per heavy atom. The van der Waals surface area contributed by atoms with E-state index >= 15 is 0 Å². The van der Waals surface area contributed by atoms with E-state index in [0.29, 0.717) is 0 Å². The van der Waals surface area contributed by atoms with Crippen LogP contribution in [0.1, 0.15) is 11.6 Å². The Bertz CT molecular complexity index is 414. The summed E-state index contributed by atoms with van der Waals surface area (Å²) in [6.07, 6.45) is 0. The topological polar surface area (TPSA) is 58.4 Å². The maximum Gasteiger partial charge on any atom is 0.239 e. The minimum Gasteiger partial charge on any atom is -0.368 e. The lowest BCUT2D eigenvalue weighted by Crippen LogP contribution is -2.48. The lowest BCUT2D eigenvalue weighted by Gasteiger charge is -2.33. The highest BCUT2D eigenvalue weighted by Gasteiger charge is 2.26. The molecule has 1 aromatic rings. The van der Waals surface area contributed by atoms with Crippen LogP contribution < -0.4 is 11.1 Å². The number of piperazine rings is 1. The van der Waals surface area contributed by atoms with Gasteiger partial charge in [0.2, 0.25) is 5.91 Å². The summed E-state index contributed by atoms with van der Waals surface area (Å²) < 4.78 is 0.969. The maximum absolute atomic E-state index is 11.7. The molecule has 0 saturated carbocycles. The van der Waals surface area contributed by atoms with Crippen molar-refractivity contribution < 1.29 is 4.79 Å². The van der Waals surface area contributed by atoms with Crippen LogP contribution in [-0.4, -0.2) is 37.0 Å². The molecule has 0 radical (unpaired) electrons. The number of nitrogens with two attached hydrogens (primary N) is 1. The molecule has 1 aliphatic rings. The van der Waals surface area contributed by atoms with Crippen molar-refractivity contribution >= 4 is 46.7 Å². The van der Waals surface area contributed by atoms with Crippen molar-refractivity contribution in [3.8, 4) is 0 Å². The van der Waals surface area contributed by atoms with Crippen LogP contribution >= 0.6 is 40.7 Å². The second-order valence-corrected chi connectivity index (χ2v) is 5.06. The Morgan fingerprint density at radius 1 is 1.32 bits per heavy atom. The summed E-state index contributed by atoms with van der Waals surface area (Å²) in [7, 11) is 0. The van der Waals surface area contributed by atoms with Gasteiger partial charge in [-0.1, -0.05) is 28.1 Å². The van der Waals surface area contributed by atoms with Crippen molar-refractivity contribution in [2.24, 2.45) is 5.73 Å². The Kier molecular flexibility index (Phi) is 8.61. The van der Waals surface area contributed by atoms with E-state index in [-0.39, 0.29) is 36.8 Å². The smallest absolute Gasteiger partial charge is 0.239 e. The van der Waals surface area contributed by atoms with Crippen molar-refractivity contribution in [2.45, 2.75) is 6.04 Å². The predicted molar refractivity (Wildman–Crippen MR) is 85.0 cm³/mol. The zero-order chi connectivity index (χ0) is 12.3. The number of nitrogens with one attached hydrogen (secondary N) is 1. The molecule has 19 heavy (non-hydrogen) atoms.